The molecule has 9 heteroatoms. The molecule has 9 nitrogen and oxygen atoms in total. The van der Waals surface area contributed by atoms with Crippen molar-refractivity contribution in [1.29, 1.82) is 0 Å². The standard InChI is InChI=1S/C18H29N7O2/c1-23-16(11-24-7-3-4-8-24)20-21-18(23)14-6-5-9-25(10-14)12-17-19-15(13-26-2)22-27-17/h14H,3-13H2,1-2H3/t14-/m1/s1. The zero-order chi connectivity index (χ0) is 18.6. The first-order chi connectivity index (χ1) is 13.2. The molecule has 0 aliphatic carbocycles. The van der Waals surface area contributed by atoms with E-state index in [1.807, 2.05) is 0 Å². The number of hydrogen-bond acceptors (Lipinski definition) is 8. The molecular formula is C18H29N7O2. The Hall–Kier alpha value is -1.84. The van der Waals surface area contributed by atoms with E-state index in [4.69, 9.17) is 9.26 Å². The monoisotopic (exact) mass is 375 g/mol. The molecular weight excluding hydrogens is 346 g/mol. The molecule has 0 unspecified atom stereocenters. The molecule has 0 radical (unpaired) electrons. The minimum absolute atomic E-state index is 0.380. The highest BCUT2D eigenvalue weighted by molar-refractivity contribution is 5.04. The summed E-state index contributed by atoms with van der Waals surface area (Å²) in [5.41, 5.74) is 0. The van der Waals surface area contributed by atoms with E-state index in [2.05, 4.69) is 41.8 Å². The normalized spacial score (nSPS) is 21.9. The van der Waals surface area contributed by atoms with Gasteiger partial charge in [-0.2, -0.15) is 4.98 Å². The molecule has 2 aromatic rings. The lowest BCUT2D eigenvalue weighted by Crippen LogP contribution is -2.35. The van der Waals surface area contributed by atoms with E-state index in [1.54, 1.807) is 7.11 Å². The number of aromatic nitrogens is 5. The molecule has 2 aliphatic rings. The van der Waals surface area contributed by atoms with Crippen molar-refractivity contribution in [2.75, 3.05) is 33.3 Å². The molecule has 148 valence electrons. The van der Waals surface area contributed by atoms with Crippen molar-refractivity contribution in [3.8, 4) is 0 Å². The Balaban J connectivity index is 1.38. The lowest BCUT2D eigenvalue weighted by molar-refractivity contribution is 0.169. The van der Waals surface area contributed by atoms with Gasteiger partial charge in [0.2, 0.25) is 5.89 Å². The van der Waals surface area contributed by atoms with Crippen molar-refractivity contribution in [2.24, 2.45) is 7.05 Å². The predicted octanol–water partition coefficient (Wildman–Crippen LogP) is 1.32. The van der Waals surface area contributed by atoms with Crippen molar-refractivity contribution in [2.45, 2.75) is 51.3 Å². The maximum atomic E-state index is 5.34. The number of nitrogens with zero attached hydrogens (tertiary/aromatic N) is 7. The smallest absolute Gasteiger partial charge is 0.240 e. The fraction of sp³-hybridized carbons (Fsp3) is 0.778. The van der Waals surface area contributed by atoms with Gasteiger partial charge in [0.05, 0.1) is 13.1 Å². The molecule has 2 saturated heterocycles. The fourth-order valence-electron chi connectivity index (χ4n) is 4.15. The lowest BCUT2D eigenvalue weighted by Gasteiger charge is -2.31. The summed E-state index contributed by atoms with van der Waals surface area (Å²) in [6, 6.07) is 0. The Kier molecular flexibility index (Phi) is 5.80. The molecule has 2 aromatic heterocycles. The van der Waals surface area contributed by atoms with Gasteiger partial charge in [0, 0.05) is 26.6 Å². The molecule has 0 N–H and O–H groups in total. The van der Waals surface area contributed by atoms with Gasteiger partial charge in [0.1, 0.15) is 18.3 Å². The van der Waals surface area contributed by atoms with Crippen LogP contribution in [0.5, 0.6) is 0 Å². The first-order valence-corrected chi connectivity index (χ1v) is 9.86. The largest absolute Gasteiger partial charge is 0.377 e. The van der Waals surface area contributed by atoms with Gasteiger partial charge in [-0.05, 0) is 45.3 Å². The second kappa shape index (κ2) is 8.45. The Bertz CT molecular complexity index is 738. The van der Waals surface area contributed by atoms with E-state index in [0.717, 1.165) is 44.1 Å². The molecule has 2 fully saturated rings. The summed E-state index contributed by atoms with van der Waals surface area (Å²) in [6.45, 7) is 6.29. The second-order valence-corrected chi connectivity index (χ2v) is 7.63. The Morgan fingerprint density at radius 1 is 1.07 bits per heavy atom. The van der Waals surface area contributed by atoms with E-state index in [0.29, 0.717) is 30.8 Å². The number of hydrogen-bond donors (Lipinski definition) is 0. The third-order valence-corrected chi connectivity index (χ3v) is 5.58. The number of methoxy groups -OCH3 is 1. The predicted molar refractivity (Wildman–Crippen MR) is 97.8 cm³/mol. The summed E-state index contributed by atoms with van der Waals surface area (Å²) >= 11 is 0. The summed E-state index contributed by atoms with van der Waals surface area (Å²) in [5.74, 6) is 3.81. The van der Waals surface area contributed by atoms with Crippen molar-refractivity contribution in [3.63, 3.8) is 0 Å². The second-order valence-electron chi connectivity index (χ2n) is 7.63. The molecule has 0 saturated carbocycles. The zero-order valence-electron chi connectivity index (χ0n) is 16.3. The third-order valence-electron chi connectivity index (χ3n) is 5.58. The fourth-order valence-corrected chi connectivity index (χ4v) is 4.15. The van der Waals surface area contributed by atoms with Crippen LogP contribution in [-0.4, -0.2) is 68.0 Å². The van der Waals surface area contributed by atoms with E-state index < -0.39 is 0 Å². The summed E-state index contributed by atoms with van der Waals surface area (Å²) in [7, 11) is 3.73. The Morgan fingerprint density at radius 3 is 2.70 bits per heavy atom. The minimum atomic E-state index is 0.380. The molecule has 0 aromatic carbocycles. The van der Waals surface area contributed by atoms with Crippen LogP contribution in [0.3, 0.4) is 0 Å². The minimum Gasteiger partial charge on any atom is -0.377 e. The highest BCUT2D eigenvalue weighted by Crippen LogP contribution is 2.27. The maximum Gasteiger partial charge on any atom is 0.240 e. The van der Waals surface area contributed by atoms with E-state index in [1.165, 1.54) is 25.9 Å². The molecule has 27 heavy (non-hydrogen) atoms. The Morgan fingerprint density at radius 2 is 1.89 bits per heavy atom. The average molecular weight is 375 g/mol. The van der Waals surface area contributed by atoms with Crippen LogP contribution in [0.1, 0.15) is 55.0 Å². The molecule has 0 amide bonds. The molecule has 1 atom stereocenters. The molecule has 0 bridgehead atoms. The van der Waals surface area contributed by atoms with Gasteiger partial charge in [0.15, 0.2) is 5.82 Å². The van der Waals surface area contributed by atoms with Crippen LogP contribution in [0, 0.1) is 0 Å². The average Bonchev–Trinajstić information content (AvgIpc) is 3.40. The van der Waals surface area contributed by atoms with Gasteiger partial charge >= 0.3 is 0 Å². The highest BCUT2D eigenvalue weighted by atomic mass is 16.5. The van der Waals surface area contributed by atoms with Crippen molar-refractivity contribution < 1.29 is 9.26 Å². The van der Waals surface area contributed by atoms with Gasteiger partial charge in [-0.1, -0.05) is 5.16 Å². The Labute approximate surface area is 159 Å². The van der Waals surface area contributed by atoms with Gasteiger partial charge in [-0.3, -0.25) is 9.80 Å². The van der Waals surface area contributed by atoms with Crippen LogP contribution in [0.15, 0.2) is 4.52 Å². The van der Waals surface area contributed by atoms with Crippen LogP contribution in [0.25, 0.3) is 0 Å². The maximum absolute atomic E-state index is 5.34. The molecule has 4 heterocycles. The van der Waals surface area contributed by atoms with E-state index >= 15 is 0 Å². The third kappa shape index (κ3) is 4.36. The molecule has 2 aliphatic heterocycles. The van der Waals surface area contributed by atoms with Crippen LogP contribution in [0.2, 0.25) is 0 Å². The van der Waals surface area contributed by atoms with Crippen LogP contribution < -0.4 is 0 Å². The number of rotatable bonds is 7. The van der Waals surface area contributed by atoms with Crippen molar-refractivity contribution in [1.82, 2.24) is 34.7 Å². The quantitative estimate of drug-likeness (QED) is 0.716. The topological polar surface area (TPSA) is 85.3 Å². The molecule has 0 spiro atoms. The van der Waals surface area contributed by atoms with Gasteiger partial charge in [-0.15, -0.1) is 10.2 Å². The van der Waals surface area contributed by atoms with Gasteiger partial charge in [-0.25, -0.2) is 0 Å². The summed E-state index contributed by atoms with van der Waals surface area (Å²) in [4.78, 5) is 9.22. The van der Waals surface area contributed by atoms with Gasteiger partial charge < -0.3 is 13.8 Å². The van der Waals surface area contributed by atoms with Crippen LogP contribution in [0.4, 0.5) is 0 Å². The van der Waals surface area contributed by atoms with Crippen LogP contribution >= 0.6 is 0 Å². The number of likely N-dealkylation sites (tertiary alicyclic amines) is 2. The molecule has 4 rings (SSSR count). The van der Waals surface area contributed by atoms with Crippen LogP contribution in [-0.2, 0) is 31.5 Å². The van der Waals surface area contributed by atoms with Crippen molar-refractivity contribution >= 4 is 0 Å². The first-order valence-electron chi connectivity index (χ1n) is 9.86. The zero-order valence-corrected chi connectivity index (χ0v) is 16.3. The SMILES string of the molecule is COCc1noc(CN2CCC[C@@H](c3nnc(CN4CCCC4)n3C)C2)n1. The summed E-state index contributed by atoms with van der Waals surface area (Å²) in [5, 5.41) is 13.0. The highest BCUT2D eigenvalue weighted by Gasteiger charge is 2.27. The van der Waals surface area contributed by atoms with Gasteiger partial charge in [0.25, 0.3) is 0 Å². The van der Waals surface area contributed by atoms with Crippen molar-refractivity contribution in [3.05, 3.63) is 23.4 Å². The summed E-state index contributed by atoms with van der Waals surface area (Å²) in [6.07, 6.45) is 4.87. The number of ether oxygens (including phenoxy) is 1. The number of piperidine rings is 1. The lowest BCUT2D eigenvalue weighted by atomic mass is 9.97. The first kappa shape index (κ1) is 18.5. The van der Waals surface area contributed by atoms with E-state index in [9.17, 15) is 0 Å². The summed E-state index contributed by atoms with van der Waals surface area (Å²) < 4.78 is 12.6. The van der Waals surface area contributed by atoms with E-state index in [-0.39, 0.29) is 0 Å².